The van der Waals surface area contributed by atoms with E-state index in [1.54, 1.807) is 23.6 Å². The van der Waals surface area contributed by atoms with Crippen LogP contribution in [-0.2, 0) is 4.79 Å². The maximum atomic E-state index is 12.1. The van der Waals surface area contributed by atoms with E-state index in [9.17, 15) is 9.59 Å². The van der Waals surface area contributed by atoms with E-state index >= 15 is 0 Å². The topological polar surface area (TPSA) is 75.4 Å². The van der Waals surface area contributed by atoms with E-state index < -0.39 is 0 Å². The molecule has 3 heterocycles. The van der Waals surface area contributed by atoms with Crippen molar-refractivity contribution < 1.29 is 14.0 Å². The van der Waals surface area contributed by atoms with E-state index in [2.05, 4.69) is 10.3 Å². The number of furan rings is 1. The lowest BCUT2D eigenvalue weighted by Gasteiger charge is -2.14. The molecule has 130 valence electrons. The average molecular weight is 416 g/mol. The van der Waals surface area contributed by atoms with E-state index in [4.69, 9.17) is 27.6 Å². The number of likely N-dealkylation sites (N-methyl/N-ethyl adjacent to an activating group) is 1. The Kier molecular flexibility index (Phi) is 5.43. The van der Waals surface area contributed by atoms with Crippen LogP contribution < -0.4 is 5.32 Å². The minimum atomic E-state index is -0.375. The van der Waals surface area contributed by atoms with Crippen molar-refractivity contribution in [3.05, 3.63) is 44.3 Å². The number of thiophene rings is 1. The normalized spacial score (nSPS) is 10.7. The summed E-state index contributed by atoms with van der Waals surface area (Å²) in [4.78, 5) is 29.7. The number of rotatable bonds is 5. The first-order valence-electron chi connectivity index (χ1n) is 6.93. The molecule has 0 saturated heterocycles. The molecule has 25 heavy (non-hydrogen) atoms. The standard InChI is InChI=1S/C15H11Cl2N3O3S2/c1-20(14(22)10-3-2-4-23-10)6-12(21)19-15-18-9(7-24-15)8-5-11(16)25-13(8)17/h2-5,7H,6H2,1H3,(H,18,19,21). The van der Waals surface area contributed by atoms with Crippen molar-refractivity contribution in [2.45, 2.75) is 0 Å². The fraction of sp³-hybridized carbons (Fsp3) is 0.133. The zero-order valence-corrected chi connectivity index (χ0v) is 15.9. The van der Waals surface area contributed by atoms with Crippen LogP contribution in [-0.4, -0.2) is 35.3 Å². The Morgan fingerprint density at radius 3 is 2.84 bits per heavy atom. The first-order valence-corrected chi connectivity index (χ1v) is 9.39. The Labute approximate surface area is 161 Å². The Morgan fingerprint density at radius 1 is 1.40 bits per heavy atom. The number of hydrogen-bond acceptors (Lipinski definition) is 6. The summed E-state index contributed by atoms with van der Waals surface area (Å²) in [6.07, 6.45) is 1.40. The predicted octanol–water partition coefficient (Wildman–Crippen LogP) is 4.48. The van der Waals surface area contributed by atoms with Crippen LogP contribution >= 0.6 is 45.9 Å². The lowest BCUT2D eigenvalue weighted by atomic mass is 10.3. The molecule has 0 atom stereocenters. The second-order valence-electron chi connectivity index (χ2n) is 4.96. The van der Waals surface area contributed by atoms with Crippen molar-refractivity contribution in [3.8, 4) is 11.3 Å². The molecule has 10 heteroatoms. The van der Waals surface area contributed by atoms with Crippen LogP contribution in [0, 0.1) is 0 Å². The van der Waals surface area contributed by atoms with Gasteiger partial charge in [-0.3, -0.25) is 9.59 Å². The number of halogens is 2. The number of hydrogen-bond donors (Lipinski definition) is 1. The number of thiazole rings is 1. The van der Waals surface area contributed by atoms with Gasteiger partial charge in [0.2, 0.25) is 5.91 Å². The lowest BCUT2D eigenvalue weighted by molar-refractivity contribution is -0.116. The van der Waals surface area contributed by atoms with E-state index in [1.165, 1.54) is 40.9 Å². The minimum Gasteiger partial charge on any atom is -0.459 e. The second kappa shape index (κ2) is 7.57. The molecule has 0 aliphatic rings. The Hall–Kier alpha value is -1.87. The highest BCUT2D eigenvalue weighted by Crippen LogP contribution is 2.38. The summed E-state index contributed by atoms with van der Waals surface area (Å²) in [6.45, 7) is -0.126. The SMILES string of the molecule is CN(CC(=O)Nc1nc(-c2cc(Cl)sc2Cl)cs1)C(=O)c1ccco1. The first kappa shape index (κ1) is 17.9. The molecule has 0 radical (unpaired) electrons. The van der Waals surface area contributed by atoms with Gasteiger partial charge >= 0.3 is 0 Å². The van der Waals surface area contributed by atoms with Crippen LogP contribution in [0.1, 0.15) is 10.6 Å². The number of carbonyl (C=O) groups excluding carboxylic acids is 2. The number of carbonyl (C=O) groups is 2. The van der Waals surface area contributed by atoms with E-state index in [0.717, 1.165) is 5.56 Å². The summed E-state index contributed by atoms with van der Waals surface area (Å²) in [6, 6.07) is 4.88. The monoisotopic (exact) mass is 415 g/mol. The molecule has 3 rings (SSSR count). The molecule has 0 aliphatic heterocycles. The Balaban J connectivity index is 1.62. The van der Waals surface area contributed by atoms with Crippen molar-refractivity contribution >= 4 is 62.8 Å². The van der Waals surface area contributed by atoms with E-state index in [0.29, 0.717) is 19.5 Å². The molecule has 6 nitrogen and oxygen atoms in total. The molecule has 0 aliphatic carbocycles. The lowest BCUT2D eigenvalue weighted by Crippen LogP contribution is -2.34. The van der Waals surface area contributed by atoms with Gasteiger partial charge in [0.05, 0.1) is 16.3 Å². The highest BCUT2D eigenvalue weighted by atomic mass is 35.5. The maximum Gasteiger partial charge on any atom is 0.289 e. The molecule has 0 saturated carbocycles. The number of amides is 2. The molecule has 1 N–H and O–H groups in total. The third-order valence-corrected chi connectivity index (χ3v) is 5.39. The summed E-state index contributed by atoms with van der Waals surface area (Å²) < 4.78 is 6.13. The summed E-state index contributed by atoms with van der Waals surface area (Å²) in [7, 11) is 1.52. The fourth-order valence-electron chi connectivity index (χ4n) is 2.00. The molecule has 3 aromatic heterocycles. The van der Waals surface area contributed by atoms with Gasteiger partial charge in [0, 0.05) is 18.0 Å². The van der Waals surface area contributed by atoms with Gasteiger partial charge in [-0.25, -0.2) is 4.98 Å². The third-order valence-electron chi connectivity index (χ3n) is 3.14. The highest BCUT2D eigenvalue weighted by molar-refractivity contribution is 7.20. The highest BCUT2D eigenvalue weighted by Gasteiger charge is 2.18. The van der Waals surface area contributed by atoms with Gasteiger partial charge in [0.1, 0.15) is 10.9 Å². The van der Waals surface area contributed by atoms with Crippen LogP contribution in [0.15, 0.2) is 34.3 Å². The molecule has 0 unspecified atom stereocenters. The van der Waals surface area contributed by atoms with Crippen LogP contribution in [0.4, 0.5) is 5.13 Å². The fourth-order valence-corrected chi connectivity index (χ4v) is 4.21. The number of aromatic nitrogens is 1. The van der Waals surface area contributed by atoms with Crippen LogP contribution in [0.25, 0.3) is 11.3 Å². The zero-order chi connectivity index (χ0) is 18.0. The molecule has 0 spiro atoms. The summed E-state index contributed by atoms with van der Waals surface area (Å²) in [5.74, 6) is -0.562. The van der Waals surface area contributed by atoms with Crippen molar-refractivity contribution in [1.29, 1.82) is 0 Å². The third kappa shape index (κ3) is 4.21. The summed E-state index contributed by atoms with van der Waals surface area (Å²) in [5, 5.41) is 4.85. The molecule has 3 aromatic rings. The number of nitrogens with zero attached hydrogens (tertiary/aromatic N) is 2. The van der Waals surface area contributed by atoms with Gasteiger partial charge in [0.15, 0.2) is 10.9 Å². The van der Waals surface area contributed by atoms with Gasteiger partial charge in [-0.2, -0.15) is 0 Å². The first-order chi connectivity index (χ1) is 11.9. The number of anilines is 1. The molecule has 2 amide bonds. The van der Waals surface area contributed by atoms with Gasteiger partial charge in [-0.05, 0) is 18.2 Å². The summed E-state index contributed by atoms with van der Waals surface area (Å²) >= 11 is 14.6. The van der Waals surface area contributed by atoms with Gasteiger partial charge in [-0.15, -0.1) is 22.7 Å². The average Bonchev–Trinajstić information content (AvgIpc) is 3.27. The molecule has 0 bridgehead atoms. The Morgan fingerprint density at radius 2 is 2.20 bits per heavy atom. The second-order valence-corrected chi connectivity index (χ2v) is 8.11. The van der Waals surface area contributed by atoms with Gasteiger partial charge < -0.3 is 14.6 Å². The zero-order valence-electron chi connectivity index (χ0n) is 12.8. The van der Waals surface area contributed by atoms with Crippen LogP contribution in [0.5, 0.6) is 0 Å². The van der Waals surface area contributed by atoms with E-state index in [-0.39, 0.29) is 24.1 Å². The minimum absolute atomic E-state index is 0.126. The van der Waals surface area contributed by atoms with Crippen molar-refractivity contribution in [3.63, 3.8) is 0 Å². The van der Waals surface area contributed by atoms with Crippen LogP contribution in [0.2, 0.25) is 8.67 Å². The van der Waals surface area contributed by atoms with Crippen molar-refractivity contribution in [1.82, 2.24) is 9.88 Å². The Bertz CT molecular complexity index is 905. The summed E-state index contributed by atoms with van der Waals surface area (Å²) in [5.41, 5.74) is 1.35. The molecule has 0 fully saturated rings. The largest absolute Gasteiger partial charge is 0.459 e. The van der Waals surface area contributed by atoms with Crippen molar-refractivity contribution in [2.75, 3.05) is 18.9 Å². The molecular formula is C15H11Cl2N3O3S2. The predicted molar refractivity (Wildman–Crippen MR) is 99.7 cm³/mol. The maximum absolute atomic E-state index is 12.1. The van der Waals surface area contributed by atoms with Gasteiger partial charge in [-0.1, -0.05) is 23.2 Å². The van der Waals surface area contributed by atoms with Crippen molar-refractivity contribution in [2.24, 2.45) is 0 Å². The molecular weight excluding hydrogens is 405 g/mol. The van der Waals surface area contributed by atoms with Gasteiger partial charge in [0.25, 0.3) is 5.91 Å². The molecule has 0 aromatic carbocycles. The van der Waals surface area contributed by atoms with E-state index in [1.807, 2.05) is 0 Å². The number of nitrogens with one attached hydrogen (secondary N) is 1. The quantitative estimate of drug-likeness (QED) is 0.666. The van der Waals surface area contributed by atoms with Crippen LogP contribution in [0.3, 0.4) is 0 Å². The smallest absolute Gasteiger partial charge is 0.289 e.